The minimum atomic E-state index is 0.0883. The summed E-state index contributed by atoms with van der Waals surface area (Å²) in [5.41, 5.74) is 1.23. The summed E-state index contributed by atoms with van der Waals surface area (Å²) in [4.78, 5) is 16.0. The van der Waals surface area contributed by atoms with Gasteiger partial charge in [-0.3, -0.25) is 14.4 Å². The molecule has 2 aliphatic rings. The van der Waals surface area contributed by atoms with Gasteiger partial charge in [0.05, 0.1) is 17.8 Å². The van der Waals surface area contributed by atoms with Crippen LogP contribution in [0.25, 0.3) is 0 Å². The summed E-state index contributed by atoms with van der Waals surface area (Å²) in [6.07, 6.45) is 3.04. The van der Waals surface area contributed by atoms with Crippen LogP contribution in [0.5, 0.6) is 0 Å². The van der Waals surface area contributed by atoms with Gasteiger partial charge in [0, 0.05) is 38.9 Å². The number of piperidine rings is 1. The summed E-state index contributed by atoms with van der Waals surface area (Å²) < 4.78 is 7.74. The number of aromatic nitrogens is 2. The molecule has 0 radical (unpaired) electrons. The quantitative estimate of drug-likeness (QED) is 0.830. The lowest BCUT2D eigenvalue weighted by molar-refractivity contribution is -0.160. The average Bonchev–Trinajstić information content (AvgIpc) is 2.92. The molecule has 6 heteroatoms. The van der Waals surface area contributed by atoms with E-state index in [1.807, 2.05) is 18.1 Å². The van der Waals surface area contributed by atoms with Crippen molar-refractivity contribution >= 4 is 5.91 Å². The zero-order chi connectivity index (χ0) is 15.0. The van der Waals surface area contributed by atoms with Crippen LogP contribution in [-0.4, -0.2) is 64.4 Å². The number of hydrogen-bond acceptors (Lipinski definition) is 4. The number of nitrogens with zero attached hydrogens (tertiary/aromatic N) is 4. The van der Waals surface area contributed by atoms with E-state index in [0.717, 1.165) is 26.1 Å². The zero-order valence-electron chi connectivity index (χ0n) is 13.0. The fourth-order valence-electron chi connectivity index (χ4n) is 3.31. The van der Waals surface area contributed by atoms with Crippen molar-refractivity contribution in [3.8, 4) is 0 Å². The predicted octanol–water partition coefficient (Wildman–Crippen LogP) is 0.896. The molecule has 1 amide bonds. The van der Waals surface area contributed by atoms with Crippen LogP contribution in [0, 0.1) is 0 Å². The first kappa shape index (κ1) is 14.5. The third-order valence-corrected chi connectivity index (χ3v) is 4.54. The molecule has 2 saturated heterocycles. The Morgan fingerprint density at radius 1 is 1.48 bits per heavy atom. The van der Waals surface area contributed by atoms with Gasteiger partial charge in [0.2, 0.25) is 5.91 Å². The predicted molar refractivity (Wildman–Crippen MR) is 78.8 cm³/mol. The van der Waals surface area contributed by atoms with Gasteiger partial charge in [0.15, 0.2) is 0 Å². The summed E-state index contributed by atoms with van der Waals surface area (Å²) in [5, 5.41) is 4.39. The first-order valence-corrected chi connectivity index (χ1v) is 7.68. The van der Waals surface area contributed by atoms with E-state index in [1.165, 1.54) is 5.69 Å². The lowest BCUT2D eigenvalue weighted by Gasteiger charge is -2.45. The molecule has 2 fully saturated rings. The van der Waals surface area contributed by atoms with Gasteiger partial charge in [-0.05, 0) is 26.3 Å². The SMILES string of the molecule is CC(C)n1nccc1CN1CC[C@@H]2OCC(=O)N(C)[C@H]2C1. The van der Waals surface area contributed by atoms with Crippen LogP contribution < -0.4 is 0 Å². The Hall–Kier alpha value is -1.40. The Kier molecular flexibility index (Phi) is 3.99. The Morgan fingerprint density at radius 3 is 3.05 bits per heavy atom. The monoisotopic (exact) mass is 292 g/mol. The molecule has 6 nitrogen and oxygen atoms in total. The minimum absolute atomic E-state index is 0.0883. The van der Waals surface area contributed by atoms with Crippen molar-refractivity contribution in [2.75, 3.05) is 26.7 Å². The molecule has 1 aromatic heterocycles. The van der Waals surface area contributed by atoms with E-state index in [2.05, 4.69) is 34.6 Å². The summed E-state index contributed by atoms with van der Waals surface area (Å²) in [5.74, 6) is 0.0883. The van der Waals surface area contributed by atoms with Gasteiger partial charge < -0.3 is 9.64 Å². The number of likely N-dealkylation sites (tertiary alicyclic amines) is 1. The minimum Gasteiger partial charge on any atom is -0.366 e. The number of likely N-dealkylation sites (N-methyl/N-ethyl adjacent to an activating group) is 1. The number of carbonyl (C=O) groups excluding carboxylic acids is 1. The van der Waals surface area contributed by atoms with Crippen LogP contribution in [0.15, 0.2) is 12.3 Å². The lowest BCUT2D eigenvalue weighted by Crippen LogP contribution is -2.60. The third-order valence-electron chi connectivity index (χ3n) is 4.54. The van der Waals surface area contributed by atoms with Gasteiger partial charge in [-0.25, -0.2) is 0 Å². The third kappa shape index (κ3) is 2.82. The molecule has 0 saturated carbocycles. The van der Waals surface area contributed by atoms with Gasteiger partial charge in [0.25, 0.3) is 0 Å². The van der Waals surface area contributed by atoms with Crippen molar-refractivity contribution in [1.29, 1.82) is 0 Å². The molecule has 0 unspecified atom stereocenters. The van der Waals surface area contributed by atoms with Gasteiger partial charge in [0.1, 0.15) is 6.61 Å². The largest absolute Gasteiger partial charge is 0.366 e. The molecular weight excluding hydrogens is 268 g/mol. The maximum Gasteiger partial charge on any atom is 0.248 e. The van der Waals surface area contributed by atoms with E-state index >= 15 is 0 Å². The topological polar surface area (TPSA) is 50.6 Å². The molecule has 2 aliphatic heterocycles. The van der Waals surface area contributed by atoms with E-state index in [1.54, 1.807) is 0 Å². The smallest absolute Gasteiger partial charge is 0.248 e. The Labute approximate surface area is 125 Å². The van der Waals surface area contributed by atoms with Gasteiger partial charge in [-0.1, -0.05) is 0 Å². The number of amides is 1. The number of morpholine rings is 1. The second-order valence-corrected chi connectivity index (χ2v) is 6.31. The van der Waals surface area contributed by atoms with Crippen molar-refractivity contribution < 1.29 is 9.53 Å². The molecule has 3 rings (SSSR count). The van der Waals surface area contributed by atoms with Crippen molar-refractivity contribution in [3.63, 3.8) is 0 Å². The highest BCUT2D eigenvalue weighted by atomic mass is 16.5. The molecule has 0 spiro atoms. The van der Waals surface area contributed by atoms with E-state index in [9.17, 15) is 4.79 Å². The molecule has 1 aromatic rings. The number of hydrogen-bond donors (Lipinski definition) is 0. The standard InChI is InChI=1S/C15H24N4O2/c1-11(2)19-12(4-6-16-19)8-18-7-5-14-13(9-18)17(3)15(20)10-21-14/h4,6,11,13-14H,5,7-10H2,1-3H3/t13-,14-/m0/s1. The number of fused-ring (bicyclic) bond motifs is 1. The molecule has 0 aromatic carbocycles. The Balaban J connectivity index is 1.68. The van der Waals surface area contributed by atoms with E-state index in [4.69, 9.17) is 4.74 Å². The van der Waals surface area contributed by atoms with Gasteiger partial charge >= 0.3 is 0 Å². The molecular formula is C15H24N4O2. The first-order valence-electron chi connectivity index (χ1n) is 7.68. The molecule has 0 bridgehead atoms. The molecule has 116 valence electrons. The fourth-order valence-corrected chi connectivity index (χ4v) is 3.31. The lowest BCUT2D eigenvalue weighted by atomic mass is 9.99. The highest BCUT2D eigenvalue weighted by molar-refractivity contribution is 5.78. The average molecular weight is 292 g/mol. The molecule has 0 aliphatic carbocycles. The molecule has 0 N–H and O–H groups in total. The maximum atomic E-state index is 11.8. The summed E-state index contributed by atoms with van der Waals surface area (Å²) in [7, 11) is 1.89. The number of ether oxygens (including phenoxy) is 1. The molecule has 3 heterocycles. The number of rotatable bonds is 3. The van der Waals surface area contributed by atoms with E-state index < -0.39 is 0 Å². The number of carbonyl (C=O) groups is 1. The Morgan fingerprint density at radius 2 is 2.29 bits per heavy atom. The van der Waals surface area contributed by atoms with Crippen LogP contribution in [0.1, 0.15) is 32.0 Å². The van der Waals surface area contributed by atoms with Crippen LogP contribution >= 0.6 is 0 Å². The van der Waals surface area contributed by atoms with Gasteiger partial charge in [-0.2, -0.15) is 5.10 Å². The second-order valence-electron chi connectivity index (χ2n) is 6.31. The van der Waals surface area contributed by atoms with Crippen molar-refractivity contribution in [1.82, 2.24) is 19.6 Å². The van der Waals surface area contributed by atoms with Crippen molar-refractivity contribution in [2.45, 2.75) is 45.0 Å². The molecule has 2 atom stereocenters. The van der Waals surface area contributed by atoms with Crippen molar-refractivity contribution in [3.05, 3.63) is 18.0 Å². The van der Waals surface area contributed by atoms with Crippen LogP contribution in [0.2, 0.25) is 0 Å². The van der Waals surface area contributed by atoms with E-state index in [-0.39, 0.29) is 24.7 Å². The second kappa shape index (κ2) is 5.77. The normalized spacial score (nSPS) is 27.2. The first-order chi connectivity index (χ1) is 10.1. The Bertz CT molecular complexity index is 514. The van der Waals surface area contributed by atoms with Crippen LogP contribution in [-0.2, 0) is 16.1 Å². The highest BCUT2D eigenvalue weighted by Crippen LogP contribution is 2.24. The summed E-state index contributed by atoms with van der Waals surface area (Å²) in [6.45, 7) is 7.28. The molecule has 21 heavy (non-hydrogen) atoms. The van der Waals surface area contributed by atoms with Crippen molar-refractivity contribution in [2.24, 2.45) is 0 Å². The van der Waals surface area contributed by atoms with E-state index in [0.29, 0.717) is 6.04 Å². The van der Waals surface area contributed by atoms with Crippen LogP contribution in [0.4, 0.5) is 0 Å². The van der Waals surface area contributed by atoms with Gasteiger partial charge in [-0.15, -0.1) is 0 Å². The maximum absolute atomic E-state index is 11.8. The summed E-state index contributed by atoms with van der Waals surface area (Å²) >= 11 is 0. The summed E-state index contributed by atoms with van der Waals surface area (Å²) in [6, 6.07) is 2.63. The fraction of sp³-hybridized carbons (Fsp3) is 0.733. The van der Waals surface area contributed by atoms with Crippen LogP contribution in [0.3, 0.4) is 0 Å². The highest BCUT2D eigenvalue weighted by Gasteiger charge is 2.38. The zero-order valence-corrected chi connectivity index (χ0v) is 13.0.